The van der Waals surface area contributed by atoms with Crippen LogP contribution in [0.4, 0.5) is 17.6 Å². The summed E-state index contributed by atoms with van der Waals surface area (Å²) in [5.74, 6) is -1.74. The summed E-state index contributed by atoms with van der Waals surface area (Å²) < 4.78 is 60.7. The topological polar surface area (TPSA) is 47.6 Å². The molecule has 1 aliphatic heterocycles. The number of amides is 1. The molecule has 1 atom stereocenters. The van der Waals surface area contributed by atoms with Crippen LogP contribution in [0.3, 0.4) is 0 Å². The van der Waals surface area contributed by atoms with Crippen molar-refractivity contribution in [3.05, 3.63) is 44.4 Å². The molecule has 0 aromatic heterocycles. The molecular weight excluding hydrogens is 475 g/mol. The molecular formula is C18H18Cl3F4N2O3+. The first-order valence-corrected chi connectivity index (χ1v) is 9.71. The van der Waals surface area contributed by atoms with Gasteiger partial charge in [-0.25, -0.2) is 8.87 Å². The number of hydrogen-bond donors (Lipinski definition) is 1. The lowest BCUT2D eigenvalue weighted by molar-refractivity contribution is -0.853. The first-order valence-electron chi connectivity index (χ1n) is 8.57. The van der Waals surface area contributed by atoms with Crippen LogP contribution in [0.15, 0.2) is 28.0 Å². The van der Waals surface area contributed by atoms with E-state index in [0.29, 0.717) is 0 Å². The normalized spacial score (nSPS) is 19.5. The molecule has 0 radical (unpaired) electrons. The van der Waals surface area contributed by atoms with Gasteiger partial charge in [0.25, 0.3) is 0 Å². The Labute approximate surface area is 185 Å². The molecule has 166 valence electrons. The van der Waals surface area contributed by atoms with Crippen LogP contribution in [0, 0.1) is 5.82 Å². The van der Waals surface area contributed by atoms with E-state index < -0.39 is 33.1 Å². The Kier molecular flexibility index (Phi) is 7.68. The number of allylic oxidation sites excluding steroid dienone is 3. The van der Waals surface area contributed by atoms with Crippen LogP contribution < -0.4 is 10.3 Å². The van der Waals surface area contributed by atoms with Gasteiger partial charge in [-0.05, 0) is 30.7 Å². The number of halogens is 7. The molecule has 1 aromatic carbocycles. The maximum atomic E-state index is 14.7. The van der Waals surface area contributed by atoms with Crippen LogP contribution in [0.5, 0.6) is 5.75 Å². The Hall–Kier alpha value is -1.52. The maximum absolute atomic E-state index is 14.7. The monoisotopic (exact) mass is 491 g/mol. The van der Waals surface area contributed by atoms with Gasteiger partial charge in [0.05, 0.1) is 23.7 Å². The number of ether oxygens (including phenoxy) is 1. The number of carbonyl (C=O) groups excluding carboxylic acids is 1. The van der Waals surface area contributed by atoms with Crippen molar-refractivity contribution < 1.29 is 36.4 Å². The number of carbonyl (C=O) groups is 1. The highest BCUT2D eigenvalue weighted by atomic mass is 35.5. The number of benzene rings is 1. The molecule has 0 saturated carbocycles. The van der Waals surface area contributed by atoms with E-state index in [9.17, 15) is 22.4 Å². The molecule has 30 heavy (non-hydrogen) atoms. The molecule has 1 aromatic rings. The Morgan fingerprint density at radius 2 is 1.87 bits per heavy atom. The summed E-state index contributed by atoms with van der Waals surface area (Å²) in [6.45, 7) is 2.32. The van der Waals surface area contributed by atoms with Gasteiger partial charge in [-0.1, -0.05) is 23.2 Å². The fraction of sp³-hybridized carbons (Fsp3) is 0.389. The van der Waals surface area contributed by atoms with E-state index >= 15 is 0 Å². The van der Waals surface area contributed by atoms with Gasteiger partial charge in [0.1, 0.15) is 17.4 Å². The van der Waals surface area contributed by atoms with Gasteiger partial charge in [0.2, 0.25) is 16.8 Å². The average molecular weight is 493 g/mol. The number of nitrogens with zero attached hydrogens (tertiary/aromatic N) is 1. The lowest BCUT2D eigenvalue weighted by atomic mass is 10.1. The number of hydrogen-bond acceptors (Lipinski definition) is 3. The van der Waals surface area contributed by atoms with E-state index in [1.54, 1.807) is 0 Å². The molecule has 1 N–H and O–H groups in total. The van der Waals surface area contributed by atoms with Crippen molar-refractivity contribution in [3.8, 4) is 5.75 Å². The maximum Gasteiger partial charge on any atom is 0.469 e. The highest BCUT2D eigenvalue weighted by Crippen LogP contribution is 2.54. The molecule has 5 nitrogen and oxygen atoms in total. The van der Waals surface area contributed by atoms with Gasteiger partial charge in [-0.3, -0.25) is 4.79 Å². The molecule has 12 heteroatoms. The van der Waals surface area contributed by atoms with Gasteiger partial charge in [0.15, 0.2) is 5.75 Å². The molecule has 1 unspecified atom stereocenters. The first kappa shape index (κ1) is 24.7. The predicted octanol–water partition coefficient (Wildman–Crippen LogP) is 5.33. The third-order valence-corrected chi connectivity index (χ3v) is 5.69. The first-order chi connectivity index (χ1) is 13.9. The van der Waals surface area contributed by atoms with Crippen molar-refractivity contribution in [2.24, 2.45) is 0 Å². The molecule has 0 saturated heterocycles. The van der Waals surface area contributed by atoms with E-state index in [1.165, 1.54) is 14.0 Å². The Bertz CT molecular complexity index is 919. The number of hydroxylamine groups is 1. The fourth-order valence-corrected chi connectivity index (χ4v) is 4.33. The molecule has 1 heterocycles. The Morgan fingerprint density at radius 3 is 2.37 bits per heavy atom. The summed E-state index contributed by atoms with van der Waals surface area (Å²) in [5, 5.41) is -1.28. The van der Waals surface area contributed by atoms with Gasteiger partial charge in [0, 0.05) is 19.6 Å². The van der Waals surface area contributed by atoms with Gasteiger partial charge >= 0.3 is 6.18 Å². The quantitative estimate of drug-likeness (QED) is 0.242. The van der Waals surface area contributed by atoms with Crippen LogP contribution in [-0.4, -0.2) is 43.4 Å². The zero-order valence-electron chi connectivity index (χ0n) is 16.1. The number of likely N-dealkylation sites (N-methyl/N-ethyl adjacent to an activating group) is 1. The highest BCUT2D eigenvalue weighted by Gasteiger charge is 2.58. The largest absolute Gasteiger partial charge is 0.469 e. The number of alkyl halides is 3. The summed E-state index contributed by atoms with van der Waals surface area (Å²) in [6, 6.07) is 1.85. The van der Waals surface area contributed by atoms with Crippen LogP contribution in [0.1, 0.15) is 19.4 Å². The molecule has 2 rings (SSSR count). The van der Waals surface area contributed by atoms with Crippen LogP contribution >= 0.6 is 34.8 Å². The van der Waals surface area contributed by atoms with E-state index in [-0.39, 0.29) is 46.8 Å². The molecule has 0 spiro atoms. The van der Waals surface area contributed by atoms with Crippen LogP contribution in [-0.2, 0) is 9.53 Å². The molecule has 0 fully saturated rings. The predicted molar refractivity (Wildman–Crippen MR) is 105 cm³/mol. The van der Waals surface area contributed by atoms with Crippen molar-refractivity contribution in [2.75, 3.05) is 26.8 Å². The number of methoxy groups -OCH3 is 1. The second kappa shape index (κ2) is 9.32. The van der Waals surface area contributed by atoms with Crippen LogP contribution in [0.25, 0.3) is 5.57 Å². The van der Waals surface area contributed by atoms with Crippen molar-refractivity contribution in [3.63, 3.8) is 0 Å². The zero-order valence-corrected chi connectivity index (χ0v) is 18.4. The zero-order chi connectivity index (χ0) is 22.9. The van der Waals surface area contributed by atoms with Crippen molar-refractivity contribution >= 4 is 46.3 Å². The second-order valence-corrected chi connectivity index (χ2v) is 7.49. The van der Waals surface area contributed by atoms with Crippen molar-refractivity contribution in [1.29, 1.82) is 0 Å². The number of quaternary nitrogens is 1. The fourth-order valence-electron chi connectivity index (χ4n) is 3.14. The third-order valence-electron chi connectivity index (χ3n) is 4.52. The minimum atomic E-state index is -4.85. The molecule has 1 amide bonds. The van der Waals surface area contributed by atoms with E-state index in [2.05, 4.69) is 0 Å². The summed E-state index contributed by atoms with van der Waals surface area (Å²) in [6.07, 6.45) is -4.85. The average Bonchev–Trinajstić information content (AvgIpc) is 2.86. The Balaban J connectivity index is 2.75. The summed E-state index contributed by atoms with van der Waals surface area (Å²) in [4.78, 5) is 16.1. The van der Waals surface area contributed by atoms with E-state index in [0.717, 1.165) is 19.1 Å². The van der Waals surface area contributed by atoms with Gasteiger partial charge in [-0.2, -0.15) is 18.7 Å². The van der Waals surface area contributed by atoms with Crippen LogP contribution in [0.2, 0.25) is 5.02 Å². The standard InChI is InChI=1S/C18H17Cl3F4N2O3/c1-4-27(5-6-29-3)16(18(23,24)25)15(20)14(17(27)21)10-7-13(30-26-9(2)28)11(19)8-12(10)22/h7-8H,4-6H2,1-3H3/p+1. The third kappa shape index (κ3) is 4.55. The van der Waals surface area contributed by atoms with Gasteiger partial charge < -0.3 is 9.57 Å². The minimum Gasteiger partial charge on any atom is -0.379 e. The van der Waals surface area contributed by atoms with Crippen molar-refractivity contribution in [1.82, 2.24) is 5.48 Å². The molecule has 0 aliphatic carbocycles. The van der Waals surface area contributed by atoms with Crippen molar-refractivity contribution in [2.45, 2.75) is 20.0 Å². The second-order valence-electron chi connectivity index (χ2n) is 6.35. The summed E-state index contributed by atoms with van der Waals surface area (Å²) in [5.41, 5.74) is 0.187. The van der Waals surface area contributed by atoms with Gasteiger partial charge in [-0.15, -0.1) is 0 Å². The molecule has 1 aliphatic rings. The highest BCUT2D eigenvalue weighted by molar-refractivity contribution is 6.42. The van der Waals surface area contributed by atoms with E-state index in [4.69, 9.17) is 44.4 Å². The lowest BCUT2D eigenvalue weighted by Crippen LogP contribution is -2.49. The van der Waals surface area contributed by atoms with E-state index in [1.807, 2.05) is 5.48 Å². The minimum absolute atomic E-state index is 0.0545. The smallest absolute Gasteiger partial charge is 0.379 e. The number of nitrogens with one attached hydrogen (secondary N) is 1. The molecule has 0 bridgehead atoms. The SMILES string of the molecule is CC[N+]1(CCOC)C(Cl)=C(c2cc(ONC(C)=O)c(Cl)cc2F)C(Cl)=C1C(F)(F)F. The summed E-state index contributed by atoms with van der Waals surface area (Å²) >= 11 is 18.5. The lowest BCUT2D eigenvalue weighted by Gasteiger charge is -2.35. The number of rotatable bonds is 7. The summed E-state index contributed by atoms with van der Waals surface area (Å²) in [7, 11) is 1.34. The Morgan fingerprint density at radius 1 is 1.23 bits per heavy atom.